The molecule has 0 radical (unpaired) electrons. The molecule has 2 heterocycles. The van der Waals surface area contributed by atoms with Gasteiger partial charge in [-0.2, -0.15) is 0 Å². The highest BCUT2D eigenvalue weighted by Gasteiger charge is 2.43. The van der Waals surface area contributed by atoms with Crippen LogP contribution in [0.3, 0.4) is 0 Å². The molecule has 0 aliphatic carbocycles. The summed E-state index contributed by atoms with van der Waals surface area (Å²) in [5.41, 5.74) is 1.85. The van der Waals surface area contributed by atoms with Crippen molar-refractivity contribution in [2.24, 2.45) is 5.92 Å². The third kappa shape index (κ3) is 6.18. The molecule has 0 amide bonds. The number of aliphatic hydroxyl groups excluding tert-OH is 1. The van der Waals surface area contributed by atoms with Crippen LogP contribution in [0.2, 0.25) is 0 Å². The molecule has 1 saturated heterocycles. The number of anilines is 1. The van der Waals surface area contributed by atoms with Crippen molar-refractivity contribution in [2.75, 3.05) is 32.9 Å². The largest absolute Gasteiger partial charge is 0.467 e. The number of aliphatic hydroxyl groups is 1. The Kier molecular flexibility index (Phi) is 8.41. The second kappa shape index (κ2) is 10.9. The maximum absolute atomic E-state index is 13.3. The Morgan fingerprint density at radius 1 is 1.18 bits per heavy atom. The van der Waals surface area contributed by atoms with Crippen molar-refractivity contribution in [1.82, 2.24) is 0 Å². The first-order valence-electron chi connectivity index (χ1n) is 11.6. The van der Waals surface area contributed by atoms with Gasteiger partial charge in [-0.25, -0.2) is 4.79 Å². The average Bonchev–Trinajstić information content (AvgIpc) is 3.08. The minimum absolute atomic E-state index is 0.00306. The van der Waals surface area contributed by atoms with Crippen molar-refractivity contribution in [3.05, 3.63) is 41.5 Å². The molecular formula is C26H37NO7. The summed E-state index contributed by atoms with van der Waals surface area (Å²) in [7, 11) is 5.36. The Balaban J connectivity index is 2.09. The van der Waals surface area contributed by atoms with Gasteiger partial charge in [-0.3, -0.25) is 0 Å². The van der Waals surface area contributed by atoms with Gasteiger partial charge in [0.1, 0.15) is 29.6 Å². The molecule has 0 spiro atoms. The number of carbonyl (C=O) groups excluding carboxylic acids is 1. The van der Waals surface area contributed by atoms with Gasteiger partial charge in [-0.05, 0) is 38.8 Å². The molecule has 188 valence electrons. The summed E-state index contributed by atoms with van der Waals surface area (Å²) in [6, 6.07) is 3.71. The van der Waals surface area contributed by atoms with Crippen LogP contribution in [-0.2, 0) is 18.9 Å². The van der Waals surface area contributed by atoms with E-state index in [1.54, 1.807) is 12.1 Å². The maximum Gasteiger partial charge on any atom is 0.342 e. The number of cyclic esters (lactones) is 1. The zero-order valence-electron chi connectivity index (χ0n) is 21.1. The molecule has 5 atom stereocenters. The predicted octanol–water partition coefficient (Wildman–Crippen LogP) is 3.77. The summed E-state index contributed by atoms with van der Waals surface area (Å²) < 4.78 is 28.8. The molecule has 0 aromatic heterocycles. The van der Waals surface area contributed by atoms with Crippen LogP contribution in [0.4, 0.5) is 5.69 Å². The van der Waals surface area contributed by atoms with Crippen LogP contribution in [0.5, 0.6) is 5.75 Å². The number of hydrogen-bond donors (Lipinski definition) is 1. The normalized spacial score (nSPS) is 29.1. The van der Waals surface area contributed by atoms with Crippen molar-refractivity contribution >= 4 is 17.7 Å². The van der Waals surface area contributed by atoms with Crippen LogP contribution < -0.4 is 9.64 Å². The van der Waals surface area contributed by atoms with E-state index in [0.29, 0.717) is 23.3 Å². The molecule has 1 aromatic rings. The first kappa shape index (κ1) is 26.2. The highest BCUT2D eigenvalue weighted by molar-refractivity contribution is 5.97. The lowest BCUT2D eigenvalue weighted by Crippen LogP contribution is -2.34. The number of benzene rings is 1. The highest BCUT2D eigenvalue weighted by atomic mass is 16.8. The Bertz CT molecular complexity index is 924. The van der Waals surface area contributed by atoms with Crippen molar-refractivity contribution in [1.29, 1.82) is 0 Å². The number of esters is 1. The molecule has 1 aromatic carbocycles. The van der Waals surface area contributed by atoms with E-state index >= 15 is 0 Å². The number of carbonyl (C=O) groups is 1. The number of nitrogens with zero attached hydrogens (tertiary/aromatic N) is 1. The number of rotatable bonds is 4. The van der Waals surface area contributed by atoms with Crippen LogP contribution in [0.25, 0.3) is 6.08 Å². The first-order valence-corrected chi connectivity index (χ1v) is 11.6. The zero-order valence-corrected chi connectivity index (χ0v) is 21.1. The van der Waals surface area contributed by atoms with E-state index in [1.165, 1.54) is 7.11 Å². The second-order valence-electron chi connectivity index (χ2n) is 9.48. The lowest BCUT2D eigenvalue weighted by molar-refractivity contribution is -0.152. The molecule has 8 nitrogen and oxygen atoms in total. The maximum atomic E-state index is 13.3. The Labute approximate surface area is 202 Å². The van der Waals surface area contributed by atoms with Crippen LogP contribution in [0, 0.1) is 5.92 Å². The summed E-state index contributed by atoms with van der Waals surface area (Å²) in [4.78, 5) is 15.3. The van der Waals surface area contributed by atoms with Gasteiger partial charge in [0.05, 0.1) is 6.10 Å². The Morgan fingerprint density at radius 3 is 2.59 bits per heavy atom. The molecule has 2 aliphatic heterocycles. The van der Waals surface area contributed by atoms with E-state index in [-0.39, 0.29) is 18.8 Å². The van der Waals surface area contributed by atoms with E-state index in [9.17, 15) is 9.90 Å². The van der Waals surface area contributed by atoms with E-state index in [4.69, 9.17) is 23.7 Å². The summed E-state index contributed by atoms with van der Waals surface area (Å²) in [6.45, 7) is 7.43. The van der Waals surface area contributed by atoms with Gasteiger partial charge in [-0.1, -0.05) is 31.2 Å². The van der Waals surface area contributed by atoms with Crippen molar-refractivity contribution < 1.29 is 33.6 Å². The molecule has 2 aliphatic rings. The monoisotopic (exact) mass is 475 g/mol. The van der Waals surface area contributed by atoms with Gasteiger partial charge in [0.2, 0.25) is 0 Å². The van der Waals surface area contributed by atoms with Crippen molar-refractivity contribution in [3.63, 3.8) is 0 Å². The molecule has 0 saturated carbocycles. The molecule has 1 fully saturated rings. The van der Waals surface area contributed by atoms with E-state index < -0.39 is 30.1 Å². The highest BCUT2D eigenvalue weighted by Crippen LogP contribution is 2.35. The SMILES string of the molecule is COCOc1cc(N(C)C)cc2c1C(=O)O[C@@H](C)[C@H](C)C=CC(O)C1OC(C)(C)O[C@H]1CC=C2. The summed E-state index contributed by atoms with van der Waals surface area (Å²) in [5.74, 6) is -1.05. The summed E-state index contributed by atoms with van der Waals surface area (Å²) in [6.07, 6.45) is 5.64. The molecule has 34 heavy (non-hydrogen) atoms. The standard InChI is InChI=1S/C26H37NO7/c1-16-11-12-20(28)24-21(33-26(3,4)34-24)10-8-9-18-13-19(27(5)6)14-22(31-15-30-7)23(18)25(29)32-17(16)2/h8-9,11-14,16-17,20-21,24,28H,10,15H2,1-7H3/t16-,17+,20?,21+,24?/m1/s1. The number of fused-ring (bicyclic) bond motifs is 2. The third-order valence-electron chi connectivity index (χ3n) is 6.04. The molecular weight excluding hydrogens is 438 g/mol. The summed E-state index contributed by atoms with van der Waals surface area (Å²) in [5, 5.41) is 10.8. The van der Waals surface area contributed by atoms with Gasteiger partial charge < -0.3 is 33.7 Å². The topological polar surface area (TPSA) is 86.7 Å². The fourth-order valence-electron chi connectivity index (χ4n) is 4.02. The van der Waals surface area contributed by atoms with Crippen LogP contribution in [0.15, 0.2) is 30.4 Å². The van der Waals surface area contributed by atoms with Crippen molar-refractivity contribution in [2.45, 2.75) is 64.3 Å². The minimum atomic E-state index is -0.852. The fraction of sp³-hybridized carbons (Fsp3) is 0.577. The van der Waals surface area contributed by atoms with E-state index in [0.717, 1.165) is 5.69 Å². The quantitative estimate of drug-likeness (QED) is 0.400. The molecule has 0 bridgehead atoms. The van der Waals surface area contributed by atoms with Crippen molar-refractivity contribution in [3.8, 4) is 5.75 Å². The Morgan fingerprint density at radius 2 is 1.91 bits per heavy atom. The third-order valence-corrected chi connectivity index (χ3v) is 6.04. The molecule has 2 unspecified atom stereocenters. The fourth-order valence-corrected chi connectivity index (χ4v) is 4.02. The molecule has 1 N–H and O–H groups in total. The molecule has 8 heteroatoms. The lowest BCUT2D eigenvalue weighted by Gasteiger charge is -2.23. The van der Waals surface area contributed by atoms with E-state index in [1.807, 2.05) is 71.0 Å². The smallest absolute Gasteiger partial charge is 0.342 e. The average molecular weight is 476 g/mol. The zero-order chi connectivity index (χ0) is 25.0. The van der Waals surface area contributed by atoms with Crippen LogP contribution >= 0.6 is 0 Å². The number of methoxy groups -OCH3 is 1. The second-order valence-corrected chi connectivity index (χ2v) is 9.48. The van der Waals surface area contributed by atoms with Gasteiger partial charge >= 0.3 is 5.97 Å². The van der Waals surface area contributed by atoms with Crippen LogP contribution in [0.1, 0.15) is 50.0 Å². The lowest BCUT2D eigenvalue weighted by atomic mass is 9.98. The minimum Gasteiger partial charge on any atom is -0.467 e. The number of ether oxygens (including phenoxy) is 5. The van der Waals surface area contributed by atoms with Gasteiger partial charge in [0.15, 0.2) is 12.6 Å². The van der Waals surface area contributed by atoms with Gasteiger partial charge in [-0.15, -0.1) is 0 Å². The summed E-state index contributed by atoms with van der Waals surface area (Å²) >= 11 is 0. The molecule has 3 rings (SSSR count). The number of hydrogen-bond acceptors (Lipinski definition) is 8. The van der Waals surface area contributed by atoms with Gasteiger partial charge in [0.25, 0.3) is 0 Å². The van der Waals surface area contributed by atoms with Gasteiger partial charge in [0, 0.05) is 38.9 Å². The first-order chi connectivity index (χ1) is 16.0. The van der Waals surface area contributed by atoms with Crippen LogP contribution in [-0.4, -0.2) is 69.3 Å². The predicted molar refractivity (Wildman–Crippen MR) is 130 cm³/mol. The Hall–Kier alpha value is -2.39. The van der Waals surface area contributed by atoms with E-state index in [2.05, 4.69) is 0 Å².